The van der Waals surface area contributed by atoms with E-state index in [1.54, 1.807) is 0 Å². The number of carbonyl (C=O) groups is 2. The number of carboxylic acid groups (broad SMARTS) is 1. The number of carbonyl (C=O) groups excluding carboxylic acids is 1. The largest absolute Gasteiger partial charge is 0.465 e. The van der Waals surface area contributed by atoms with Crippen LogP contribution < -0.4 is 0 Å². The van der Waals surface area contributed by atoms with E-state index < -0.39 is 17.1 Å². The summed E-state index contributed by atoms with van der Waals surface area (Å²) in [4.78, 5) is 24.2. The van der Waals surface area contributed by atoms with Gasteiger partial charge in [0.05, 0.1) is 5.41 Å². The number of likely N-dealkylation sites (tertiary alicyclic amines) is 1. The first kappa shape index (κ1) is 11.2. The third-order valence-electron chi connectivity index (χ3n) is 3.41. The van der Waals surface area contributed by atoms with Crippen LogP contribution >= 0.6 is 0 Å². The van der Waals surface area contributed by atoms with Gasteiger partial charge in [0.1, 0.15) is 5.60 Å². The summed E-state index contributed by atoms with van der Waals surface area (Å²) in [7, 11) is 0. The fourth-order valence-electron chi connectivity index (χ4n) is 2.89. The highest BCUT2D eigenvalue weighted by Crippen LogP contribution is 2.45. The van der Waals surface area contributed by atoms with Gasteiger partial charge in [-0.25, -0.2) is 4.79 Å². The summed E-state index contributed by atoms with van der Waals surface area (Å²) in [5, 5.41) is 8.97. The molecule has 0 aromatic carbocycles. The van der Waals surface area contributed by atoms with Crippen LogP contribution in [0, 0.1) is 5.41 Å². The maximum atomic E-state index is 11.9. The van der Waals surface area contributed by atoms with Crippen molar-refractivity contribution in [3.05, 3.63) is 0 Å². The smallest absolute Gasteiger partial charge is 0.407 e. The van der Waals surface area contributed by atoms with Gasteiger partial charge in [0, 0.05) is 19.5 Å². The predicted octanol–water partition coefficient (Wildman–Crippen LogP) is 1.47. The molecule has 0 aromatic rings. The SMILES string of the molecule is CC1(C)CC2(CCCN(C(=O)O)C2)C(=O)O1. The zero-order valence-corrected chi connectivity index (χ0v) is 9.65. The summed E-state index contributed by atoms with van der Waals surface area (Å²) in [5.74, 6) is -0.233. The molecule has 0 radical (unpaired) electrons. The van der Waals surface area contributed by atoms with Gasteiger partial charge in [0.25, 0.3) is 0 Å². The predicted molar refractivity (Wildman–Crippen MR) is 56.1 cm³/mol. The molecule has 1 spiro atoms. The van der Waals surface area contributed by atoms with Crippen molar-refractivity contribution in [1.82, 2.24) is 4.90 Å². The lowest BCUT2D eigenvalue weighted by Crippen LogP contribution is -2.48. The van der Waals surface area contributed by atoms with E-state index in [2.05, 4.69) is 0 Å². The van der Waals surface area contributed by atoms with E-state index in [4.69, 9.17) is 9.84 Å². The summed E-state index contributed by atoms with van der Waals surface area (Å²) in [6.45, 7) is 4.55. The maximum absolute atomic E-state index is 11.9. The highest BCUT2D eigenvalue weighted by atomic mass is 16.6. The van der Waals surface area contributed by atoms with Gasteiger partial charge in [-0.1, -0.05) is 0 Å². The van der Waals surface area contributed by atoms with Crippen molar-refractivity contribution in [2.45, 2.75) is 38.7 Å². The van der Waals surface area contributed by atoms with Crippen LogP contribution in [0.3, 0.4) is 0 Å². The Bertz CT molecular complexity index is 339. The molecule has 2 aliphatic heterocycles. The first-order chi connectivity index (χ1) is 7.35. The van der Waals surface area contributed by atoms with Crippen LogP contribution in [0.25, 0.3) is 0 Å². The Balaban J connectivity index is 2.19. The molecule has 1 unspecified atom stereocenters. The van der Waals surface area contributed by atoms with E-state index in [-0.39, 0.29) is 12.5 Å². The summed E-state index contributed by atoms with van der Waals surface area (Å²) in [5.41, 5.74) is -1.06. The number of nitrogens with zero attached hydrogens (tertiary/aromatic N) is 1. The second-order valence-electron chi connectivity index (χ2n) is 5.41. The zero-order valence-electron chi connectivity index (χ0n) is 9.65. The van der Waals surface area contributed by atoms with Crippen molar-refractivity contribution in [3.63, 3.8) is 0 Å². The average molecular weight is 227 g/mol. The topological polar surface area (TPSA) is 66.8 Å². The van der Waals surface area contributed by atoms with Gasteiger partial charge in [-0.3, -0.25) is 4.79 Å². The van der Waals surface area contributed by atoms with E-state index in [1.807, 2.05) is 13.8 Å². The van der Waals surface area contributed by atoms with Crippen molar-refractivity contribution in [2.75, 3.05) is 13.1 Å². The van der Waals surface area contributed by atoms with Crippen molar-refractivity contribution >= 4 is 12.1 Å². The molecule has 2 fully saturated rings. The van der Waals surface area contributed by atoms with Gasteiger partial charge < -0.3 is 14.7 Å². The van der Waals surface area contributed by atoms with Crippen molar-refractivity contribution < 1.29 is 19.4 Å². The van der Waals surface area contributed by atoms with Crippen LogP contribution in [0.15, 0.2) is 0 Å². The second-order valence-corrected chi connectivity index (χ2v) is 5.41. The van der Waals surface area contributed by atoms with Crippen molar-refractivity contribution in [3.8, 4) is 0 Å². The second kappa shape index (κ2) is 3.37. The van der Waals surface area contributed by atoms with Gasteiger partial charge in [0.15, 0.2) is 0 Å². The number of amides is 1. The fraction of sp³-hybridized carbons (Fsp3) is 0.818. The number of piperidine rings is 1. The summed E-state index contributed by atoms with van der Waals surface area (Å²) < 4.78 is 5.31. The minimum atomic E-state index is -0.948. The van der Waals surface area contributed by atoms with Crippen molar-refractivity contribution in [1.29, 1.82) is 0 Å². The molecule has 90 valence electrons. The van der Waals surface area contributed by atoms with E-state index in [0.717, 1.165) is 12.8 Å². The molecule has 0 aromatic heterocycles. The van der Waals surface area contributed by atoms with E-state index in [0.29, 0.717) is 13.0 Å². The molecular weight excluding hydrogens is 210 g/mol. The number of ether oxygens (including phenoxy) is 1. The highest BCUT2D eigenvalue weighted by Gasteiger charge is 2.54. The third-order valence-corrected chi connectivity index (χ3v) is 3.41. The Labute approximate surface area is 94.4 Å². The van der Waals surface area contributed by atoms with Crippen LogP contribution in [-0.2, 0) is 9.53 Å². The third kappa shape index (κ3) is 1.74. The minimum absolute atomic E-state index is 0.233. The van der Waals surface area contributed by atoms with E-state index in [9.17, 15) is 9.59 Å². The Kier molecular flexibility index (Phi) is 2.36. The summed E-state index contributed by atoms with van der Waals surface area (Å²) in [6.07, 6.45) is 1.13. The molecule has 5 nitrogen and oxygen atoms in total. The lowest BCUT2D eigenvalue weighted by atomic mass is 9.75. The fourth-order valence-corrected chi connectivity index (χ4v) is 2.89. The standard InChI is InChI=1S/C11H17NO4/c1-10(2)6-11(8(13)16-10)4-3-5-12(7-11)9(14)15/h3-7H2,1-2H3,(H,14,15). The molecule has 0 aliphatic carbocycles. The first-order valence-electron chi connectivity index (χ1n) is 5.56. The Morgan fingerprint density at radius 2 is 2.19 bits per heavy atom. The number of hydrogen-bond donors (Lipinski definition) is 1. The summed E-state index contributed by atoms with van der Waals surface area (Å²) >= 11 is 0. The maximum Gasteiger partial charge on any atom is 0.407 e. The number of hydrogen-bond acceptors (Lipinski definition) is 3. The number of rotatable bonds is 0. The van der Waals surface area contributed by atoms with Gasteiger partial charge in [-0.05, 0) is 26.7 Å². The van der Waals surface area contributed by atoms with Crippen LogP contribution in [0.4, 0.5) is 4.79 Å². The Morgan fingerprint density at radius 3 is 2.69 bits per heavy atom. The molecule has 1 amide bonds. The van der Waals surface area contributed by atoms with Gasteiger partial charge in [0.2, 0.25) is 0 Å². The normalized spacial score (nSPS) is 32.9. The minimum Gasteiger partial charge on any atom is -0.465 e. The molecule has 16 heavy (non-hydrogen) atoms. The van der Waals surface area contributed by atoms with E-state index >= 15 is 0 Å². The van der Waals surface area contributed by atoms with Gasteiger partial charge in [-0.15, -0.1) is 0 Å². The molecule has 2 saturated heterocycles. The lowest BCUT2D eigenvalue weighted by molar-refractivity contribution is -0.153. The van der Waals surface area contributed by atoms with Crippen LogP contribution in [0.1, 0.15) is 33.1 Å². The molecular formula is C11H17NO4. The molecule has 5 heteroatoms. The highest BCUT2D eigenvalue weighted by molar-refractivity contribution is 5.81. The number of esters is 1. The molecule has 1 atom stereocenters. The Morgan fingerprint density at radius 1 is 1.50 bits per heavy atom. The van der Waals surface area contributed by atoms with Gasteiger partial charge in [-0.2, -0.15) is 0 Å². The molecule has 2 rings (SSSR count). The van der Waals surface area contributed by atoms with E-state index in [1.165, 1.54) is 4.90 Å². The molecule has 2 heterocycles. The molecule has 0 saturated carbocycles. The van der Waals surface area contributed by atoms with Crippen LogP contribution in [0.5, 0.6) is 0 Å². The molecule has 2 aliphatic rings. The van der Waals surface area contributed by atoms with Crippen LogP contribution in [0.2, 0.25) is 0 Å². The van der Waals surface area contributed by atoms with Gasteiger partial charge >= 0.3 is 12.1 Å². The monoisotopic (exact) mass is 227 g/mol. The average Bonchev–Trinajstić information content (AvgIpc) is 2.36. The first-order valence-corrected chi connectivity index (χ1v) is 5.56. The lowest BCUT2D eigenvalue weighted by Gasteiger charge is -2.36. The zero-order chi connectivity index (χ0) is 12.0. The summed E-state index contributed by atoms with van der Waals surface area (Å²) in [6, 6.07) is 0. The Hall–Kier alpha value is -1.26. The quantitative estimate of drug-likeness (QED) is 0.636. The van der Waals surface area contributed by atoms with Crippen LogP contribution in [-0.4, -0.2) is 40.8 Å². The number of cyclic esters (lactones) is 1. The molecule has 0 bridgehead atoms. The van der Waals surface area contributed by atoms with Crippen molar-refractivity contribution in [2.24, 2.45) is 5.41 Å². The molecule has 1 N–H and O–H groups in total.